The summed E-state index contributed by atoms with van der Waals surface area (Å²) >= 11 is 0. The van der Waals surface area contributed by atoms with E-state index in [1.54, 1.807) is 6.07 Å². The number of fused-ring (bicyclic) bond motifs is 7. The van der Waals surface area contributed by atoms with Crippen LogP contribution >= 0.6 is 0 Å². The molecule has 0 radical (unpaired) electrons. The normalized spacial score (nSPS) is 28.2. The molecule has 0 saturated carbocycles. The Kier molecular flexibility index (Phi) is 2.77. The predicted octanol–water partition coefficient (Wildman–Crippen LogP) is 3.84. The first-order valence-electron chi connectivity index (χ1n) is 8.41. The van der Waals surface area contributed by atoms with Gasteiger partial charge in [-0.1, -0.05) is 36.4 Å². The molecule has 0 N–H and O–H groups in total. The number of carbonyl (C=O) groups is 1. The van der Waals surface area contributed by atoms with Gasteiger partial charge in [0.1, 0.15) is 11.9 Å². The number of nitriles is 1. The second kappa shape index (κ2) is 4.80. The summed E-state index contributed by atoms with van der Waals surface area (Å²) < 4.78 is 13.7. The van der Waals surface area contributed by atoms with E-state index in [1.165, 1.54) is 12.1 Å². The summed E-state index contributed by atoms with van der Waals surface area (Å²) in [6.07, 6.45) is 4.08. The average Bonchev–Trinajstić information content (AvgIpc) is 3.08. The molecule has 1 aliphatic carbocycles. The standard InChI is InChI=1S/C21H15FN2O/c1-11-3-2-4-12-5-8-17-16(10-23)18-14-7-6-13(22)9-15(14)21(25)20(18)24(17)19(11)12/h2-9,16-18,20H,1H3/t16-,17+,18+,20-/m0/s1. The molecule has 2 aliphatic heterocycles. The van der Waals surface area contributed by atoms with Crippen LogP contribution in [0.5, 0.6) is 0 Å². The molecule has 0 spiro atoms. The smallest absolute Gasteiger partial charge is 0.186 e. The lowest BCUT2D eigenvalue weighted by atomic mass is 9.85. The van der Waals surface area contributed by atoms with Crippen molar-refractivity contribution < 1.29 is 9.18 Å². The van der Waals surface area contributed by atoms with Crippen LogP contribution in [0, 0.1) is 30.0 Å². The summed E-state index contributed by atoms with van der Waals surface area (Å²) in [4.78, 5) is 15.2. The second-order valence-corrected chi connectivity index (χ2v) is 6.99. The van der Waals surface area contributed by atoms with Gasteiger partial charge in [0.05, 0.1) is 18.0 Å². The summed E-state index contributed by atoms with van der Waals surface area (Å²) in [7, 11) is 0. The summed E-state index contributed by atoms with van der Waals surface area (Å²) in [5.41, 5.74) is 4.39. The molecule has 1 saturated heterocycles. The lowest BCUT2D eigenvalue weighted by molar-refractivity contribution is 0.0969. The minimum Gasteiger partial charge on any atom is -0.352 e. The highest BCUT2D eigenvalue weighted by Gasteiger charge is 2.57. The highest BCUT2D eigenvalue weighted by Crippen LogP contribution is 2.53. The van der Waals surface area contributed by atoms with Crippen molar-refractivity contribution in [2.75, 3.05) is 4.90 Å². The number of carbonyl (C=O) groups excluding carboxylic acids is 1. The van der Waals surface area contributed by atoms with Crippen molar-refractivity contribution in [2.45, 2.75) is 24.9 Å². The molecule has 2 aromatic rings. The van der Waals surface area contributed by atoms with Crippen molar-refractivity contribution in [3.63, 3.8) is 0 Å². The number of ketones is 1. The van der Waals surface area contributed by atoms with Gasteiger partial charge in [-0.2, -0.15) is 5.26 Å². The Morgan fingerprint density at radius 1 is 1.24 bits per heavy atom. The van der Waals surface area contributed by atoms with E-state index < -0.39 is 11.9 Å². The fourth-order valence-corrected chi connectivity index (χ4v) is 4.81. The van der Waals surface area contributed by atoms with E-state index in [2.05, 4.69) is 11.0 Å². The Morgan fingerprint density at radius 3 is 2.88 bits per heavy atom. The van der Waals surface area contributed by atoms with Crippen LogP contribution in [-0.2, 0) is 0 Å². The number of nitrogens with zero attached hydrogens (tertiary/aromatic N) is 2. The van der Waals surface area contributed by atoms with E-state index in [4.69, 9.17) is 0 Å². The third-order valence-corrected chi connectivity index (χ3v) is 5.77. The fourth-order valence-electron chi connectivity index (χ4n) is 4.81. The number of hydrogen-bond acceptors (Lipinski definition) is 3. The molecule has 25 heavy (non-hydrogen) atoms. The zero-order chi connectivity index (χ0) is 17.3. The van der Waals surface area contributed by atoms with Crippen molar-refractivity contribution in [3.05, 3.63) is 70.5 Å². The first kappa shape index (κ1) is 14.4. The van der Waals surface area contributed by atoms with E-state index in [1.807, 2.05) is 37.3 Å². The van der Waals surface area contributed by atoms with E-state index in [9.17, 15) is 14.4 Å². The molecular formula is C21H15FN2O. The maximum absolute atomic E-state index is 13.7. The minimum atomic E-state index is -0.434. The molecule has 0 amide bonds. The molecule has 0 aromatic heterocycles. The molecule has 2 heterocycles. The zero-order valence-electron chi connectivity index (χ0n) is 13.6. The molecule has 3 nitrogen and oxygen atoms in total. The van der Waals surface area contributed by atoms with Crippen LogP contribution < -0.4 is 4.90 Å². The monoisotopic (exact) mass is 330 g/mol. The van der Waals surface area contributed by atoms with Crippen LogP contribution in [0.15, 0.2) is 42.5 Å². The first-order valence-corrected chi connectivity index (χ1v) is 8.41. The highest BCUT2D eigenvalue weighted by atomic mass is 19.1. The van der Waals surface area contributed by atoms with Crippen LogP contribution in [0.25, 0.3) is 6.08 Å². The van der Waals surface area contributed by atoms with Crippen molar-refractivity contribution in [1.82, 2.24) is 0 Å². The number of benzene rings is 2. The van der Waals surface area contributed by atoms with Gasteiger partial charge < -0.3 is 4.90 Å². The third-order valence-electron chi connectivity index (χ3n) is 5.77. The molecule has 0 unspecified atom stereocenters. The number of para-hydroxylation sites is 1. The molecule has 3 aliphatic rings. The summed E-state index contributed by atoms with van der Waals surface area (Å²) in [6.45, 7) is 2.02. The fraction of sp³-hybridized carbons (Fsp3) is 0.238. The summed E-state index contributed by atoms with van der Waals surface area (Å²) in [5.74, 6) is -1.03. The van der Waals surface area contributed by atoms with Gasteiger partial charge in [0.2, 0.25) is 0 Å². The summed E-state index contributed by atoms with van der Waals surface area (Å²) in [6, 6.07) is 12.3. The summed E-state index contributed by atoms with van der Waals surface area (Å²) in [5, 5.41) is 9.84. The lowest BCUT2D eigenvalue weighted by Gasteiger charge is -2.35. The van der Waals surface area contributed by atoms with Crippen molar-refractivity contribution in [2.24, 2.45) is 5.92 Å². The van der Waals surface area contributed by atoms with Gasteiger partial charge in [0.25, 0.3) is 0 Å². The molecule has 5 rings (SSSR count). The predicted molar refractivity (Wildman–Crippen MR) is 92.8 cm³/mol. The van der Waals surface area contributed by atoms with Crippen LogP contribution in [0.1, 0.15) is 33.0 Å². The van der Waals surface area contributed by atoms with Gasteiger partial charge in [-0.3, -0.25) is 4.79 Å². The Labute approximate surface area is 145 Å². The molecule has 4 heteroatoms. The van der Waals surface area contributed by atoms with Gasteiger partial charge in [0, 0.05) is 17.2 Å². The van der Waals surface area contributed by atoms with Gasteiger partial charge >= 0.3 is 0 Å². The van der Waals surface area contributed by atoms with E-state index >= 15 is 0 Å². The Balaban J connectivity index is 1.76. The Morgan fingerprint density at radius 2 is 2.08 bits per heavy atom. The first-order chi connectivity index (χ1) is 12.1. The quantitative estimate of drug-likeness (QED) is 0.737. The lowest BCUT2D eigenvalue weighted by Crippen LogP contribution is -2.42. The van der Waals surface area contributed by atoms with Crippen LogP contribution in [0.3, 0.4) is 0 Å². The molecule has 4 atom stereocenters. The van der Waals surface area contributed by atoms with Crippen LogP contribution in [-0.4, -0.2) is 17.9 Å². The van der Waals surface area contributed by atoms with Crippen molar-refractivity contribution in [3.8, 4) is 6.07 Å². The Bertz CT molecular complexity index is 1000. The topological polar surface area (TPSA) is 44.1 Å². The molecule has 2 aromatic carbocycles. The SMILES string of the molecule is Cc1cccc2c1N1[C@H](C=C2)[C@H](C#N)[C@H]2c3ccc(F)cc3C(=O)[C@H]21. The van der Waals surface area contributed by atoms with E-state index in [0.717, 1.165) is 22.4 Å². The molecule has 122 valence electrons. The van der Waals surface area contributed by atoms with Crippen LogP contribution in [0.4, 0.5) is 10.1 Å². The molecule has 0 bridgehead atoms. The van der Waals surface area contributed by atoms with Crippen molar-refractivity contribution in [1.29, 1.82) is 5.26 Å². The number of anilines is 1. The van der Waals surface area contributed by atoms with Crippen LogP contribution in [0.2, 0.25) is 0 Å². The number of halogens is 1. The van der Waals surface area contributed by atoms with E-state index in [0.29, 0.717) is 5.56 Å². The number of aryl methyl sites for hydroxylation is 1. The van der Waals surface area contributed by atoms with Crippen molar-refractivity contribution >= 4 is 17.5 Å². The maximum Gasteiger partial charge on any atom is 0.186 e. The van der Waals surface area contributed by atoms with Gasteiger partial charge in [-0.05, 0) is 35.7 Å². The third kappa shape index (κ3) is 1.70. The minimum absolute atomic E-state index is 0.0771. The number of Topliss-reactive ketones (excluding diaryl/α,β-unsaturated/α-hetero) is 1. The highest BCUT2D eigenvalue weighted by molar-refractivity contribution is 6.09. The van der Waals surface area contributed by atoms with E-state index in [-0.39, 0.29) is 23.7 Å². The Hall–Kier alpha value is -2.93. The number of rotatable bonds is 0. The average molecular weight is 330 g/mol. The maximum atomic E-state index is 13.7. The van der Waals surface area contributed by atoms with Gasteiger partial charge in [-0.15, -0.1) is 0 Å². The number of hydrogen-bond donors (Lipinski definition) is 0. The van der Waals surface area contributed by atoms with Gasteiger partial charge in [-0.25, -0.2) is 4.39 Å². The second-order valence-electron chi connectivity index (χ2n) is 6.99. The largest absolute Gasteiger partial charge is 0.352 e. The molecular weight excluding hydrogens is 315 g/mol. The zero-order valence-corrected chi connectivity index (χ0v) is 13.6. The van der Waals surface area contributed by atoms with Gasteiger partial charge in [0.15, 0.2) is 5.78 Å². The molecule has 1 fully saturated rings.